The normalized spacial score (nSPS) is 19.6. The zero-order valence-electron chi connectivity index (χ0n) is 12.3. The minimum atomic E-state index is 0.527. The van der Waals surface area contributed by atoms with Crippen LogP contribution >= 0.6 is 11.3 Å². The first-order chi connectivity index (χ1) is 9.22. The molecule has 1 aliphatic rings. The molecule has 0 aliphatic heterocycles. The van der Waals surface area contributed by atoms with E-state index in [-0.39, 0.29) is 0 Å². The Morgan fingerprint density at radius 2 is 2.05 bits per heavy atom. The Morgan fingerprint density at radius 3 is 2.58 bits per heavy atom. The van der Waals surface area contributed by atoms with E-state index in [0.29, 0.717) is 6.04 Å². The fraction of sp³-hybridized carbons (Fsp3) is 0.800. The molecule has 0 radical (unpaired) electrons. The number of aryl methyl sites for hydroxylation is 1. The van der Waals surface area contributed by atoms with Crippen LogP contribution in [0.5, 0.6) is 0 Å². The fourth-order valence-corrected chi connectivity index (χ4v) is 4.09. The smallest absolute Gasteiger partial charge is 0.0798 e. The molecule has 3 nitrogen and oxygen atoms in total. The lowest BCUT2D eigenvalue weighted by atomic mass is 9.91. The number of aromatic nitrogens is 1. The lowest BCUT2D eigenvalue weighted by Crippen LogP contribution is -2.43. The van der Waals surface area contributed by atoms with Gasteiger partial charge in [-0.1, -0.05) is 25.7 Å². The molecule has 0 bridgehead atoms. The van der Waals surface area contributed by atoms with Crippen molar-refractivity contribution in [3.05, 3.63) is 16.1 Å². The van der Waals surface area contributed by atoms with Crippen molar-refractivity contribution in [3.63, 3.8) is 0 Å². The fourth-order valence-electron chi connectivity index (χ4n) is 3.25. The summed E-state index contributed by atoms with van der Waals surface area (Å²) < 4.78 is 0. The van der Waals surface area contributed by atoms with Crippen LogP contribution in [0.15, 0.2) is 5.51 Å². The van der Waals surface area contributed by atoms with Gasteiger partial charge in [-0.3, -0.25) is 4.90 Å². The molecule has 1 fully saturated rings. The molecule has 0 spiro atoms. The SMILES string of the molecule is Cc1ncsc1CN(C)C(CN)C1CCCCCC1. The van der Waals surface area contributed by atoms with Crippen LogP contribution in [0.3, 0.4) is 0 Å². The zero-order chi connectivity index (χ0) is 13.7. The maximum atomic E-state index is 6.07. The topological polar surface area (TPSA) is 42.2 Å². The average molecular weight is 281 g/mol. The highest BCUT2D eigenvalue weighted by Gasteiger charge is 2.25. The summed E-state index contributed by atoms with van der Waals surface area (Å²) in [6.45, 7) is 3.87. The summed E-state index contributed by atoms with van der Waals surface area (Å²) in [6.07, 6.45) is 8.29. The van der Waals surface area contributed by atoms with Crippen LogP contribution in [0, 0.1) is 12.8 Å². The standard InChI is InChI=1S/C15H27N3S/c1-12-15(19-11-17-12)10-18(2)14(9-16)13-7-5-3-4-6-8-13/h11,13-14H,3-10,16H2,1-2H3. The van der Waals surface area contributed by atoms with Crippen molar-refractivity contribution in [1.29, 1.82) is 0 Å². The van der Waals surface area contributed by atoms with Crippen molar-refractivity contribution in [2.45, 2.75) is 58.0 Å². The Hall–Kier alpha value is -0.450. The Kier molecular flexibility index (Phi) is 5.79. The molecule has 1 atom stereocenters. The van der Waals surface area contributed by atoms with Gasteiger partial charge in [-0.25, -0.2) is 4.98 Å². The Labute approximate surface area is 121 Å². The van der Waals surface area contributed by atoms with E-state index in [1.165, 1.54) is 49.1 Å². The van der Waals surface area contributed by atoms with Gasteiger partial charge in [0.25, 0.3) is 0 Å². The molecule has 1 aromatic rings. The van der Waals surface area contributed by atoms with Crippen molar-refractivity contribution >= 4 is 11.3 Å². The summed E-state index contributed by atoms with van der Waals surface area (Å²) in [6, 6.07) is 0.527. The Morgan fingerprint density at radius 1 is 1.37 bits per heavy atom. The minimum Gasteiger partial charge on any atom is -0.329 e. The molecular formula is C15H27N3S. The third-order valence-corrected chi connectivity index (χ3v) is 5.41. The van der Waals surface area contributed by atoms with E-state index < -0.39 is 0 Å². The van der Waals surface area contributed by atoms with Crippen molar-refractivity contribution in [2.75, 3.05) is 13.6 Å². The predicted octanol–water partition coefficient (Wildman–Crippen LogP) is 3.18. The molecule has 4 heteroatoms. The molecule has 2 N–H and O–H groups in total. The van der Waals surface area contributed by atoms with E-state index in [0.717, 1.165) is 19.0 Å². The first-order valence-electron chi connectivity index (χ1n) is 7.51. The lowest BCUT2D eigenvalue weighted by Gasteiger charge is -2.33. The van der Waals surface area contributed by atoms with Crippen LogP contribution in [0.4, 0.5) is 0 Å². The maximum absolute atomic E-state index is 6.07. The number of likely N-dealkylation sites (N-methyl/N-ethyl adjacent to an activating group) is 1. The van der Waals surface area contributed by atoms with Crippen LogP contribution in [0.25, 0.3) is 0 Å². The summed E-state index contributed by atoms with van der Waals surface area (Å²) >= 11 is 1.76. The van der Waals surface area contributed by atoms with Gasteiger partial charge in [-0.2, -0.15) is 0 Å². The molecule has 1 aromatic heterocycles. The molecule has 1 unspecified atom stereocenters. The van der Waals surface area contributed by atoms with Gasteiger partial charge in [-0.05, 0) is 32.7 Å². The third kappa shape index (κ3) is 4.01. The van der Waals surface area contributed by atoms with Crippen molar-refractivity contribution in [3.8, 4) is 0 Å². The summed E-state index contributed by atoms with van der Waals surface area (Å²) in [5.41, 5.74) is 9.19. The molecular weight excluding hydrogens is 254 g/mol. The number of hydrogen-bond donors (Lipinski definition) is 1. The van der Waals surface area contributed by atoms with Gasteiger partial charge in [0.2, 0.25) is 0 Å². The molecule has 0 saturated heterocycles. The van der Waals surface area contributed by atoms with Crippen LogP contribution in [0.2, 0.25) is 0 Å². The molecule has 0 aromatic carbocycles. The number of thiazole rings is 1. The highest BCUT2D eigenvalue weighted by molar-refractivity contribution is 7.09. The quantitative estimate of drug-likeness (QED) is 0.843. The first kappa shape index (κ1) is 14.9. The van der Waals surface area contributed by atoms with Gasteiger partial charge in [-0.15, -0.1) is 11.3 Å². The molecule has 1 saturated carbocycles. The van der Waals surface area contributed by atoms with E-state index in [4.69, 9.17) is 5.73 Å². The van der Waals surface area contributed by atoms with Crippen molar-refractivity contribution in [2.24, 2.45) is 11.7 Å². The van der Waals surface area contributed by atoms with Gasteiger partial charge in [0, 0.05) is 24.0 Å². The molecule has 108 valence electrons. The Balaban J connectivity index is 1.97. The predicted molar refractivity (Wildman–Crippen MR) is 82.4 cm³/mol. The summed E-state index contributed by atoms with van der Waals surface area (Å²) in [4.78, 5) is 8.18. The lowest BCUT2D eigenvalue weighted by molar-refractivity contribution is 0.161. The van der Waals surface area contributed by atoms with Crippen molar-refractivity contribution < 1.29 is 0 Å². The summed E-state index contributed by atoms with van der Waals surface area (Å²) in [5.74, 6) is 0.783. The number of nitrogens with zero attached hydrogens (tertiary/aromatic N) is 2. The third-order valence-electron chi connectivity index (χ3n) is 4.49. The van der Waals surface area contributed by atoms with E-state index in [2.05, 4.69) is 23.9 Å². The van der Waals surface area contributed by atoms with E-state index in [1.807, 2.05) is 5.51 Å². The molecule has 1 aliphatic carbocycles. The second-order valence-corrected chi connectivity index (χ2v) is 6.77. The molecule has 1 heterocycles. The zero-order valence-corrected chi connectivity index (χ0v) is 13.1. The van der Waals surface area contributed by atoms with Gasteiger partial charge >= 0.3 is 0 Å². The van der Waals surface area contributed by atoms with Crippen LogP contribution in [0.1, 0.15) is 49.1 Å². The second-order valence-electron chi connectivity index (χ2n) is 5.83. The number of rotatable bonds is 5. The van der Waals surface area contributed by atoms with E-state index in [1.54, 1.807) is 11.3 Å². The van der Waals surface area contributed by atoms with Gasteiger partial charge in [0.1, 0.15) is 0 Å². The van der Waals surface area contributed by atoms with E-state index in [9.17, 15) is 0 Å². The summed E-state index contributed by atoms with van der Waals surface area (Å²) in [7, 11) is 2.22. The highest BCUT2D eigenvalue weighted by atomic mass is 32.1. The average Bonchev–Trinajstić information content (AvgIpc) is 2.66. The van der Waals surface area contributed by atoms with Crippen LogP contribution < -0.4 is 5.73 Å². The van der Waals surface area contributed by atoms with Crippen molar-refractivity contribution in [1.82, 2.24) is 9.88 Å². The van der Waals surface area contributed by atoms with Gasteiger partial charge in [0.15, 0.2) is 0 Å². The second kappa shape index (κ2) is 7.36. The van der Waals surface area contributed by atoms with Crippen LogP contribution in [-0.4, -0.2) is 29.5 Å². The largest absolute Gasteiger partial charge is 0.329 e. The molecule has 2 rings (SSSR count). The van der Waals surface area contributed by atoms with Gasteiger partial charge in [0.05, 0.1) is 11.2 Å². The Bertz CT molecular complexity index is 369. The molecule has 0 amide bonds. The number of nitrogens with two attached hydrogens (primary N) is 1. The molecule has 19 heavy (non-hydrogen) atoms. The van der Waals surface area contributed by atoms with E-state index >= 15 is 0 Å². The maximum Gasteiger partial charge on any atom is 0.0798 e. The summed E-state index contributed by atoms with van der Waals surface area (Å²) in [5, 5.41) is 0. The van der Waals surface area contributed by atoms with Gasteiger partial charge < -0.3 is 5.73 Å². The minimum absolute atomic E-state index is 0.527. The first-order valence-corrected chi connectivity index (χ1v) is 8.39. The van der Waals surface area contributed by atoms with Crippen LogP contribution in [-0.2, 0) is 6.54 Å². The number of hydrogen-bond acceptors (Lipinski definition) is 4. The highest BCUT2D eigenvalue weighted by Crippen LogP contribution is 2.28. The monoisotopic (exact) mass is 281 g/mol.